The topological polar surface area (TPSA) is 227 Å². The van der Waals surface area contributed by atoms with Crippen molar-refractivity contribution in [3.63, 3.8) is 0 Å². The van der Waals surface area contributed by atoms with E-state index in [9.17, 15) is 0 Å². The van der Waals surface area contributed by atoms with E-state index in [1.807, 2.05) is 0 Å². The Hall–Kier alpha value is -1.92. The van der Waals surface area contributed by atoms with Gasteiger partial charge in [0.15, 0.2) is 0 Å². The summed E-state index contributed by atoms with van der Waals surface area (Å²) in [4.78, 5) is 24.9. The normalized spacial score (nSPS) is 5.14. The van der Waals surface area contributed by atoms with Gasteiger partial charge in [0.1, 0.15) is 0 Å². The first-order valence-electron chi connectivity index (χ1n) is 1.66. The minimum Gasteiger partial charge on any atom is -0.412 e. The van der Waals surface area contributed by atoms with Gasteiger partial charge >= 0.3 is 0 Å². The Labute approximate surface area is 84.7 Å². The summed E-state index contributed by atoms with van der Waals surface area (Å²) < 4.78 is 0. The molecule has 0 aliphatic rings. The van der Waals surface area contributed by atoms with Crippen LogP contribution in [0, 0.1) is 40.8 Å². The summed E-state index contributed by atoms with van der Waals surface area (Å²) in [6.07, 6.45) is 0. The Morgan fingerprint density at radius 3 is 0.786 bits per heavy atom. The van der Waals surface area contributed by atoms with Crippen molar-refractivity contribution in [3.8, 4) is 0 Å². The van der Waals surface area contributed by atoms with Crippen molar-refractivity contribution in [2.75, 3.05) is 0 Å². The molecular weight excluding hydrogens is 258 g/mol. The smallest absolute Gasteiger partial charge is 0.291 e. The van der Waals surface area contributed by atoms with Gasteiger partial charge in [-0.05, 0) is 0 Å². The van der Waals surface area contributed by atoms with Gasteiger partial charge in [-0.15, -0.1) is 10.1 Å². The van der Waals surface area contributed by atoms with Crippen molar-refractivity contribution >= 4 is 0 Å². The third-order valence-electron chi connectivity index (χ3n) is 0. The molecule has 0 unspecified atom stereocenters. The zero-order valence-electron chi connectivity index (χ0n) is 5.91. The van der Waals surface area contributed by atoms with Gasteiger partial charge in [0.25, 0.3) is 5.09 Å². The molecule has 0 aromatic rings. The third-order valence-corrected chi connectivity index (χ3v) is 0. The van der Waals surface area contributed by atoms with Crippen LogP contribution in [0.5, 0.6) is 0 Å². The second kappa shape index (κ2) is 22.5. The van der Waals surface area contributed by atoms with E-state index in [-0.39, 0.29) is 22.5 Å². The van der Waals surface area contributed by atoms with Gasteiger partial charge < -0.3 is 41.3 Å². The fraction of sp³-hybridized carbons (Fsp3) is 0. The van der Waals surface area contributed by atoms with Crippen molar-refractivity contribution < 1.29 is 43.0 Å². The SMILES string of the molecule is O.O=[N+]([O-])O.O=[N+]([O-])[O-].O=[N+]([O-])[O-].[Fe]. The van der Waals surface area contributed by atoms with Crippen LogP contribution < -0.4 is 0 Å². The van der Waals surface area contributed by atoms with E-state index in [0.29, 0.717) is 0 Å². The van der Waals surface area contributed by atoms with Crippen molar-refractivity contribution in [2.24, 2.45) is 0 Å². The van der Waals surface area contributed by atoms with Crippen LogP contribution >= 0.6 is 0 Å². The molecule has 0 rings (SSSR count). The third kappa shape index (κ3) is 225. The number of nitrogens with zero attached hydrogens (tertiary/aromatic N) is 3. The zero-order chi connectivity index (χ0) is 10.7. The molecule has 0 saturated heterocycles. The average molecular weight is 261 g/mol. The second-order valence-corrected chi connectivity index (χ2v) is 0.685. The van der Waals surface area contributed by atoms with Gasteiger partial charge in [0.2, 0.25) is 0 Å². The van der Waals surface area contributed by atoms with E-state index in [0.717, 1.165) is 0 Å². The molecule has 0 aromatic heterocycles. The molecule has 88 valence electrons. The Morgan fingerprint density at radius 1 is 0.786 bits per heavy atom. The van der Waals surface area contributed by atoms with Crippen molar-refractivity contribution in [3.05, 3.63) is 40.8 Å². The zero-order valence-corrected chi connectivity index (χ0v) is 7.01. The van der Waals surface area contributed by atoms with Crippen LogP contribution in [-0.2, 0) is 17.1 Å². The van der Waals surface area contributed by atoms with Crippen LogP contribution in [-0.4, -0.2) is 25.9 Å². The fourth-order valence-corrected chi connectivity index (χ4v) is 0. The first kappa shape index (κ1) is 29.6. The van der Waals surface area contributed by atoms with Crippen LogP contribution in [0.2, 0.25) is 0 Å². The van der Waals surface area contributed by atoms with E-state index in [1.165, 1.54) is 0 Å². The Kier molecular flexibility index (Phi) is 47.5. The monoisotopic (exact) mass is 261 g/mol. The van der Waals surface area contributed by atoms with Gasteiger partial charge in [-0.25, -0.2) is 0 Å². The maximum Gasteiger partial charge on any atom is 0.291 e. The molecule has 0 saturated carbocycles. The molecule has 0 radical (unpaired) electrons. The number of hydrogen-bond donors (Lipinski definition) is 1. The fourth-order valence-electron chi connectivity index (χ4n) is 0. The molecule has 0 amide bonds. The summed E-state index contributed by atoms with van der Waals surface area (Å²) in [5, 5.41) is 43.1. The molecule has 3 N–H and O–H groups in total. The molecule has 0 spiro atoms. The van der Waals surface area contributed by atoms with Crippen LogP contribution in [0.15, 0.2) is 0 Å². The molecule has 0 aromatic carbocycles. The van der Waals surface area contributed by atoms with Gasteiger partial charge in [-0.3, -0.25) is 0 Å². The van der Waals surface area contributed by atoms with E-state index >= 15 is 0 Å². The van der Waals surface area contributed by atoms with E-state index in [2.05, 4.69) is 0 Å². The predicted octanol–water partition coefficient (Wildman–Crippen LogP) is -1.65. The number of rotatable bonds is 0. The quantitative estimate of drug-likeness (QED) is 0.298. The van der Waals surface area contributed by atoms with E-state index in [4.69, 9.17) is 46.0 Å². The molecule has 0 atom stereocenters. The predicted molar refractivity (Wildman–Crippen MR) is 33.1 cm³/mol. The first-order valence-corrected chi connectivity index (χ1v) is 1.66. The average Bonchev–Trinajstić information content (AvgIpc) is 1.54. The Morgan fingerprint density at radius 2 is 0.786 bits per heavy atom. The van der Waals surface area contributed by atoms with Crippen LogP contribution in [0.25, 0.3) is 0 Å². The van der Waals surface area contributed by atoms with Crippen LogP contribution in [0.4, 0.5) is 0 Å². The minimum absolute atomic E-state index is 0. The molecule has 0 bridgehead atoms. The minimum atomic E-state index is -1.75. The van der Waals surface area contributed by atoms with Crippen LogP contribution in [0.1, 0.15) is 0 Å². The van der Waals surface area contributed by atoms with E-state index < -0.39 is 15.3 Å². The molecule has 14 heteroatoms. The summed E-state index contributed by atoms with van der Waals surface area (Å²) in [7, 11) is 0. The molecule has 13 nitrogen and oxygen atoms in total. The second-order valence-electron chi connectivity index (χ2n) is 0.685. The summed E-state index contributed by atoms with van der Waals surface area (Å²) in [5.74, 6) is 0. The van der Waals surface area contributed by atoms with E-state index in [1.54, 1.807) is 0 Å². The van der Waals surface area contributed by atoms with Gasteiger partial charge in [0, 0.05) is 17.1 Å². The summed E-state index contributed by atoms with van der Waals surface area (Å²) in [6.45, 7) is 0. The van der Waals surface area contributed by atoms with Gasteiger partial charge in [-0.2, -0.15) is 0 Å². The largest absolute Gasteiger partial charge is 0.412 e. The summed E-state index contributed by atoms with van der Waals surface area (Å²) >= 11 is 0. The number of hydrogen-bond acceptors (Lipinski definition) is 8. The van der Waals surface area contributed by atoms with Crippen molar-refractivity contribution in [1.29, 1.82) is 0 Å². The molecule has 0 heterocycles. The Bertz CT molecular complexity index is 113. The van der Waals surface area contributed by atoms with Gasteiger partial charge in [0.05, 0.1) is 10.2 Å². The maximum absolute atomic E-state index is 8.36. The molecule has 0 aliphatic heterocycles. The Balaban J connectivity index is -0.0000000270. The first-order chi connectivity index (χ1) is 5.20. The standard InChI is InChI=1S/Fe.HNO3.2NO3.H2O/c;3*2-1(3)4;/h;(H,2,3,4);;;1H2/q;;2*-1;. The van der Waals surface area contributed by atoms with Gasteiger partial charge in [-0.1, -0.05) is 0 Å². The summed E-state index contributed by atoms with van der Waals surface area (Å²) in [5.41, 5.74) is 0. The van der Waals surface area contributed by atoms with Crippen molar-refractivity contribution in [1.82, 2.24) is 0 Å². The van der Waals surface area contributed by atoms with Crippen molar-refractivity contribution in [2.45, 2.75) is 0 Å². The maximum atomic E-state index is 8.36. The van der Waals surface area contributed by atoms with Crippen LogP contribution in [0.3, 0.4) is 0 Å². The molecular formula is H3FeN3O10-2. The summed E-state index contributed by atoms with van der Waals surface area (Å²) in [6, 6.07) is 0. The molecule has 14 heavy (non-hydrogen) atoms. The molecule has 0 aliphatic carbocycles. The molecule has 0 fully saturated rings.